The van der Waals surface area contributed by atoms with Gasteiger partial charge in [-0.2, -0.15) is 0 Å². The molecule has 0 unspecified atom stereocenters. The Balaban J connectivity index is 1.47. The smallest absolute Gasteiger partial charge is 0.194 e. The van der Waals surface area contributed by atoms with E-state index in [0.717, 1.165) is 47.4 Å². The maximum Gasteiger partial charge on any atom is 0.194 e. The predicted molar refractivity (Wildman–Crippen MR) is 154 cm³/mol. The van der Waals surface area contributed by atoms with Gasteiger partial charge in [-0.25, -0.2) is 0 Å². The van der Waals surface area contributed by atoms with E-state index in [1.165, 1.54) is 46.3 Å². The molecule has 4 aromatic rings. The van der Waals surface area contributed by atoms with Gasteiger partial charge in [-0.3, -0.25) is 9.55 Å². The molecule has 0 spiro atoms. The average molecular weight is 512 g/mol. The zero-order valence-electron chi connectivity index (χ0n) is 22.9. The van der Waals surface area contributed by atoms with Crippen LogP contribution in [-0.4, -0.2) is 25.6 Å². The monoisotopic (exact) mass is 511 g/mol. The van der Waals surface area contributed by atoms with Crippen LogP contribution in [0.2, 0.25) is 0 Å². The molecule has 3 heterocycles. The topological polar surface area (TPSA) is 46.8 Å². The van der Waals surface area contributed by atoms with Crippen LogP contribution in [0.25, 0.3) is 22.3 Å². The highest BCUT2D eigenvalue weighted by Gasteiger charge is 2.29. The highest BCUT2D eigenvalue weighted by atomic mass is 32.2. The van der Waals surface area contributed by atoms with E-state index in [0.29, 0.717) is 0 Å². The predicted octanol–water partition coefficient (Wildman–Crippen LogP) is 7.49. The molecule has 0 bridgehead atoms. The second-order valence-corrected chi connectivity index (χ2v) is 13.5. The maximum absolute atomic E-state index is 5.07. The molecule has 37 heavy (non-hydrogen) atoms. The lowest BCUT2D eigenvalue weighted by atomic mass is 9.79. The van der Waals surface area contributed by atoms with Crippen LogP contribution in [0.3, 0.4) is 0 Å². The molecule has 0 amide bonds. The fourth-order valence-electron chi connectivity index (χ4n) is 5.55. The fourth-order valence-corrected chi connectivity index (χ4v) is 6.43. The van der Waals surface area contributed by atoms with E-state index in [1.807, 2.05) is 0 Å². The Labute approximate surface area is 224 Å². The largest absolute Gasteiger partial charge is 0.343 e. The number of aromatic nitrogens is 4. The summed E-state index contributed by atoms with van der Waals surface area (Å²) in [5.41, 5.74) is 9.11. The SMILES string of the molecule is CC(C)(C)c1cc(-c2nnc3n2CN(c2c4c(nc5ccccc25)CCCC4)CS3)cc(C(C)(C)C)c1. The van der Waals surface area contributed by atoms with Gasteiger partial charge in [0.1, 0.15) is 0 Å². The summed E-state index contributed by atoms with van der Waals surface area (Å²) in [5.74, 6) is 1.82. The van der Waals surface area contributed by atoms with Crippen LogP contribution in [0.15, 0.2) is 47.6 Å². The summed E-state index contributed by atoms with van der Waals surface area (Å²) in [6.45, 7) is 14.5. The number of hydrogen-bond donors (Lipinski definition) is 0. The third-order valence-electron chi connectivity index (χ3n) is 7.76. The lowest BCUT2D eigenvalue weighted by Gasteiger charge is -2.34. The lowest BCUT2D eigenvalue weighted by molar-refractivity contribution is 0.568. The molecular weight excluding hydrogens is 474 g/mol. The zero-order valence-corrected chi connectivity index (χ0v) is 23.7. The Bertz CT molecular complexity index is 1460. The van der Waals surface area contributed by atoms with Gasteiger partial charge in [-0.15, -0.1) is 10.2 Å². The zero-order chi connectivity index (χ0) is 25.9. The maximum atomic E-state index is 5.07. The highest BCUT2D eigenvalue weighted by Crippen LogP contribution is 2.41. The van der Waals surface area contributed by atoms with Gasteiger partial charge in [-0.05, 0) is 71.4 Å². The van der Waals surface area contributed by atoms with Crippen molar-refractivity contribution in [2.45, 2.75) is 89.9 Å². The van der Waals surface area contributed by atoms with Gasteiger partial charge in [0.05, 0.1) is 23.7 Å². The number of aryl methyl sites for hydroxylation is 1. The molecule has 0 saturated heterocycles. The number of para-hydroxylation sites is 1. The Hall–Kier alpha value is -2.86. The van der Waals surface area contributed by atoms with Crippen molar-refractivity contribution in [2.75, 3.05) is 10.8 Å². The number of anilines is 1. The Kier molecular flexibility index (Phi) is 5.86. The first-order chi connectivity index (χ1) is 17.6. The van der Waals surface area contributed by atoms with Crippen molar-refractivity contribution in [3.05, 3.63) is 64.8 Å². The van der Waals surface area contributed by atoms with Crippen molar-refractivity contribution in [3.8, 4) is 11.4 Å². The van der Waals surface area contributed by atoms with Crippen LogP contribution >= 0.6 is 11.8 Å². The van der Waals surface area contributed by atoms with Crippen molar-refractivity contribution in [3.63, 3.8) is 0 Å². The minimum atomic E-state index is 0.0521. The van der Waals surface area contributed by atoms with E-state index >= 15 is 0 Å². The van der Waals surface area contributed by atoms with Gasteiger partial charge in [0.2, 0.25) is 0 Å². The minimum Gasteiger partial charge on any atom is -0.343 e. The molecule has 6 heteroatoms. The van der Waals surface area contributed by atoms with Crippen molar-refractivity contribution in [1.29, 1.82) is 0 Å². The number of rotatable bonds is 2. The van der Waals surface area contributed by atoms with E-state index in [9.17, 15) is 0 Å². The summed E-state index contributed by atoms with van der Waals surface area (Å²) in [6.07, 6.45) is 4.65. The first kappa shape index (κ1) is 24.5. The van der Waals surface area contributed by atoms with Crippen molar-refractivity contribution < 1.29 is 0 Å². The van der Waals surface area contributed by atoms with Crippen LogP contribution in [-0.2, 0) is 30.3 Å². The van der Waals surface area contributed by atoms with Crippen molar-refractivity contribution in [1.82, 2.24) is 19.7 Å². The normalized spacial score (nSPS) is 16.1. The van der Waals surface area contributed by atoms with Crippen LogP contribution in [0.5, 0.6) is 0 Å². The number of pyridine rings is 1. The number of benzene rings is 2. The van der Waals surface area contributed by atoms with Crippen LogP contribution < -0.4 is 4.90 Å². The Morgan fingerprint density at radius 1 is 0.838 bits per heavy atom. The number of fused-ring (bicyclic) bond motifs is 3. The summed E-state index contributed by atoms with van der Waals surface area (Å²) < 4.78 is 2.31. The second kappa shape index (κ2) is 8.87. The molecule has 5 nitrogen and oxygen atoms in total. The molecule has 1 aliphatic heterocycles. The van der Waals surface area contributed by atoms with Crippen LogP contribution in [0.1, 0.15) is 76.8 Å². The Morgan fingerprint density at radius 2 is 1.54 bits per heavy atom. The highest BCUT2D eigenvalue weighted by molar-refractivity contribution is 7.99. The molecular formula is C31H37N5S. The first-order valence-corrected chi connectivity index (χ1v) is 14.5. The molecule has 2 aromatic carbocycles. The Morgan fingerprint density at radius 3 is 2.27 bits per heavy atom. The summed E-state index contributed by atoms with van der Waals surface area (Å²) >= 11 is 1.78. The van der Waals surface area contributed by atoms with Crippen LogP contribution in [0, 0.1) is 0 Å². The van der Waals surface area contributed by atoms with E-state index in [1.54, 1.807) is 11.8 Å². The number of thioether (sulfide) groups is 1. The standard InChI is InChI=1S/C31H37N5S/c1-30(2,3)21-15-20(16-22(17-21)31(4,5)6)28-33-34-29-36(28)18-35(19-37-29)27-23-11-7-9-13-25(23)32-26-14-10-8-12-24(26)27/h7,9,11,13,15-17H,8,10,12,14,18-19H2,1-6H3. The van der Waals surface area contributed by atoms with Gasteiger partial charge >= 0.3 is 0 Å². The summed E-state index contributed by atoms with van der Waals surface area (Å²) in [7, 11) is 0. The average Bonchev–Trinajstić information content (AvgIpc) is 3.29. The molecule has 0 atom stereocenters. The van der Waals surface area contributed by atoms with Crippen molar-refractivity contribution >= 4 is 28.4 Å². The van der Waals surface area contributed by atoms with Crippen LogP contribution in [0.4, 0.5) is 5.69 Å². The third-order valence-corrected chi connectivity index (χ3v) is 8.76. The molecule has 1 aliphatic carbocycles. The van der Waals surface area contributed by atoms with Gasteiger partial charge in [-0.1, -0.05) is 77.6 Å². The molecule has 2 aromatic heterocycles. The van der Waals surface area contributed by atoms with E-state index < -0.39 is 0 Å². The van der Waals surface area contributed by atoms with Gasteiger partial charge in [0, 0.05) is 16.6 Å². The third kappa shape index (κ3) is 4.43. The minimum absolute atomic E-state index is 0.0521. The lowest BCUT2D eigenvalue weighted by Crippen LogP contribution is -2.32. The van der Waals surface area contributed by atoms with E-state index in [2.05, 4.69) is 98.6 Å². The number of hydrogen-bond acceptors (Lipinski definition) is 5. The molecule has 6 rings (SSSR count). The summed E-state index contributed by atoms with van der Waals surface area (Å²) in [4.78, 5) is 7.60. The van der Waals surface area contributed by atoms with Gasteiger partial charge in [0.15, 0.2) is 11.0 Å². The molecule has 0 radical (unpaired) electrons. The molecule has 192 valence electrons. The molecule has 2 aliphatic rings. The van der Waals surface area contributed by atoms with E-state index in [4.69, 9.17) is 10.1 Å². The van der Waals surface area contributed by atoms with Crippen molar-refractivity contribution in [2.24, 2.45) is 0 Å². The second-order valence-electron chi connectivity index (χ2n) is 12.6. The number of nitrogens with zero attached hydrogens (tertiary/aromatic N) is 5. The first-order valence-electron chi connectivity index (χ1n) is 13.5. The van der Waals surface area contributed by atoms with Gasteiger partial charge in [0.25, 0.3) is 0 Å². The summed E-state index contributed by atoms with van der Waals surface area (Å²) in [5, 5.41) is 11.6. The van der Waals surface area contributed by atoms with E-state index in [-0.39, 0.29) is 10.8 Å². The van der Waals surface area contributed by atoms with Gasteiger partial charge < -0.3 is 4.90 Å². The molecule has 0 saturated carbocycles. The quantitative estimate of drug-likeness (QED) is 0.279. The molecule has 0 fully saturated rings. The summed E-state index contributed by atoms with van der Waals surface area (Å²) in [6, 6.07) is 15.6. The fraction of sp³-hybridized carbons (Fsp3) is 0.452. The molecule has 0 N–H and O–H groups in total.